The van der Waals surface area contributed by atoms with Gasteiger partial charge in [0, 0.05) is 11.5 Å². The van der Waals surface area contributed by atoms with E-state index in [2.05, 4.69) is 20.4 Å². The Bertz CT molecular complexity index is 1030. The molecule has 30 heavy (non-hydrogen) atoms. The average Bonchev–Trinajstić information content (AvgIpc) is 3.23. The number of anilines is 1. The lowest BCUT2D eigenvalue weighted by molar-refractivity contribution is -0.117. The third-order valence-electron chi connectivity index (χ3n) is 5.06. The summed E-state index contributed by atoms with van der Waals surface area (Å²) in [6.07, 6.45) is 1.60. The molecular weight excluding hydrogens is 430 g/mol. The molecule has 0 atom stereocenters. The van der Waals surface area contributed by atoms with Gasteiger partial charge in [-0.05, 0) is 62.3 Å². The van der Waals surface area contributed by atoms with Gasteiger partial charge in [-0.3, -0.25) is 9.69 Å². The van der Waals surface area contributed by atoms with E-state index in [1.807, 2.05) is 0 Å². The van der Waals surface area contributed by atoms with Crippen molar-refractivity contribution >= 4 is 34.8 Å². The predicted molar refractivity (Wildman–Crippen MR) is 113 cm³/mol. The molecule has 0 bridgehead atoms. The van der Waals surface area contributed by atoms with Gasteiger partial charge < -0.3 is 9.73 Å². The van der Waals surface area contributed by atoms with Gasteiger partial charge in [-0.25, -0.2) is 4.39 Å². The highest BCUT2D eigenvalue weighted by molar-refractivity contribution is 6.44. The molecule has 0 spiro atoms. The van der Waals surface area contributed by atoms with E-state index in [1.54, 1.807) is 30.3 Å². The van der Waals surface area contributed by atoms with Gasteiger partial charge in [-0.15, -0.1) is 10.2 Å². The van der Waals surface area contributed by atoms with E-state index < -0.39 is 0 Å². The van der Waals surface area contributed by atoms with Crippen LogP contribution < -0.4 is 5.32 Å². The molecule has 2 aromatic carbocycles. The van der Waals surface area contributed by atoms with Crippen LogP contribution in [-0.4, -0.2) is 40.6 Å². The van der Waals surface area contributed by atoms with Crippen molar-refractivity contribution in [2.24, 2.45) is 0 Å². The molecule has 9 heteroatoms. The van der Waals surface area contributed by atoms with Gasteiger partial charge in [-0.2, -0.15) is 0 Å². The lowest BCUT2D eigenvalue weighted by Gasteiger charge is -2.29. The maximum absolute atomic E-state index is 13.1. The number of carbonyl (C=O) groups is 1. The molecule has 1 aliphatic rings. The Kier molecular flexibility index (Phi) is 6.32. The second kappa shape index (κ2) is 9.12. The predicted octanol–water partition coefficient (Wildman–Crippen LogP) is 5.00. The van der Waals surface area contributed by atoms with E-state index in [4.69, 9.17) is 27.6 Å². The smallest absolute Gasteiger partial charge is 0.247 e. The van der Waals surface area contributed by atoms with Crippen LogP contribution >= 0.6 is 23.2 Å². The fourth-order valence-corrected chi connectivity index (χ4v) is 3.79. The summed E-state index contributed by atoms with van der Waals surface area (Å²) in [5.41, 5.74) is 1.19. The topological polar surface area (TPSA) is 71.3 Å². The number of aromatic nitrogens is 2. The van der Waals surface area contributed by atoms with Gasteiger partial charge in [0.15, 0.2) is 0 Å². The van der Waals surface area contributed by atoms with Crippen molar-refractivity contribution < 1.29 is 13.6 Å². The van der Waals surface area contributed by atoms with E-state index in [9.17, 15) is 9.18 Å². The van der Waals surface area contributed by atoms with Gasteiger partial charge in [0.25, 0.3) is 0 Å². The molecule has 1 N–H and O–H groups in total. The SMILES string of the molecule is O=C(CN1CCC(c2nnc(-c3ccc(F)cc3)o2)CC1)Nc1cccc(Cl)c1Cl. The molecule has 4 rings (SSSR count). The first-order chi connectivity index (χ1) is 14.5. The molecule has 0 unspecified atom stereocenters. The highest BCUT2D eigenvalue weighted by Crippen LogP contribution is 2.31. The molecule has 1 amide bonds. The quantitative estimate of drug-likeness (QED) is 0.594. The summed E-state index contributed by atoms with van der Waals surface area (Å²) in [4.78, 5) is 14.4. The van der Waals surface area contributed by atoms with E-state index >= 15 is 0 Å². The minimum atomic E-state index is -0.312. The number of nitrogens with zero attached hydrogens (tertiary/aromatic N) is 3. The number of halogens is 3. The largest absolute Gasteiger partial charge is 0.420 e. The zero-order valence-electron chi connectivity index (χ0n) is 15.9. The van der Waals surface area contributed by atoms with Gasteiger partial charge in [0.1, 0.15) is 5.82 Å². The maximum atomic E-state index is 13.1. The molecule has 0 saturated carbocycles. The Hall–Kier alpha value is -2.48. The lowest BCUT2D eigenvalue weighted by Crippen LogP contribution is -2.38. The standard InChI is InChI=1S/C21H19Cl2FN4O2/c22-16-2-1-3-17(19(16)23)25-18(29)12-28-10-8-14(9-11-28)21-27-26-20(30-21)13-4-6-15(24)7-5-13/h1-7,14H,8-12H2,(H,25,29). The highest BCUT2D eigenvalue weighted by atomic mass is 35.5. The van der Waals surface area contributed by atoms with Crippen LogP contribution in [0.1, 0.15) is 24.7 Å². The number of nitrogens with one attached hydrogen (secondary N) is 1. The maximum Gasteiger partial charge on any atom is 0.247 e. The fraction of sp³-hybridized carbons (Fsp3) is 0.286. The van der Waals surface area contributed by atoms with Crippen molar-refractivity contribution in [1.82, 2.24) is 15.1 Å². The molecule has 156 valence electrons. The minimum absolute atomic E-state index is 0.133. The van der Waals surface area contributed by atoms with Crippen molar-refractivity contribution in [1.29, 1.82) is 0 Å². The first-order valence-corrected chi connectivity index (χ1v) is 10.3. The zero-order valence-corrected chi connectivity index (χ0v) is 17.5. The van der Waals surface area contributed by atoms with Gasteiger partial charge >= 0.3 is 0 Å². The highest BCUT2D eigenvalue weighted by Gasteiger charge is 2.26. The Morgan fingerprint density at radius 3 is 2.60 bits per heavy atom. The molecule has 6 nitrogen and oxygen atoms in total. The number of hydrogen-bond acceptors (Lipinski definition) is 5. The third kappa shape index (κ3) is 4.80. The Morgan fingerprint density at radius 2 is 1.87 bits per heavy atom. The van der Waals surface area contributed by atoms with E-state index in [0.29, 0.717) is 33.1 Å². The van der Waals surface area contributed by atoms with E-state index in [-0.39, 0.29) is 24.2 Å². The normalized spacial score (nSPS) is 15.3. The first-order valence-electron chi connectivity index (χ1n) is 9.55. The summed E-state index contributed by atoms with van der Waals surface area (Å²) < 4.78 is 18.9. The van der Waals surface area contributed by atoms with Crippen molar-refractivity contribution in [2.45, 2.75) is 18.8 Å². The van der Waals surface area contributed by atoms with Crippen LogP contribution in [0, 0.1) is 5.82 Å². The second-order valence-electron chi connectivity index (χ2n) is 7.15. The van der Waals surface area contributed by atoms with Crippen LogP contribution in [0.2, 0.25) is 10.0 Å². The number of benzene rings is 2. The number of hydrogen-bond donors (Lipinski definition) is 1. The minimum Gasteiger partial charge on any atom is -0.420 e. The van der Waals surface area contributed by atoms with Gasteiger partial charge in [-0.1, -0.05) is 29.3 Å². The van der Waals surface area contributed by atoms with Crippen LogP contribution in [-0.2, 0) is 4.79 Å². The van der Waals surface area contributed by atoms with Crippen LogP contribution in [0.25, 0.3) is 11.5 Å². The Balaban J connectivity index is 1.30. The summed E-state index contributed by atoms with van der Waals surface area (Å²) >= 11 is 12.1. The summed E-state index contributed by atoms with van der Waals surface area (Å²) in [6, 6.07) is 11.1. The molecule has 1 aromatic heterocycles. The summed E-state index contributed by atoms with van der Waals surface area (Å²) in [6.45, 7) is 1.73. The van der Waals surface area contributed by atoms with Crippen molar-refractivity contribution in [2.75, 3.05) is 25.0 Å². The Morgan fingerprint density at radius 1 is 1.13 bits per heavy atom. The van der Waals surface area contributed by atoms with E-state index in [0.717, 1.165) is 25.9 Å². The molecule has 2 heterocycles. The van der Waals surface area contributed by atoms with Crippen molar-refractivity contribution in [3.8, 4) is 11.5 Å². The van der Waals surface area contributed by atoms with Gasteiger partial charge in [0.05, 0.1) is 22.3 Å². The molecule has 0 radical (unpaired) electrons. The monoisotopic (exact) mass is 448 g/mol. The molecular formula is C21H19Cl2FN4O2. The molecule has 0 aliphatic carbocycles. The van der Waals surface area contributed by atoms with Crippen LogP contribution in [0.15, 0.2) is 46.9 Å². The number of likely N-dealkylation sites (tertiary alicyclic amines) is 1. The molecule has 1 fully saturated rings. The Labute approximate surface area is 183 Å². The molecule has 3 aromatic rings. The second-order valence-corrected chi connectivity index (χ2v) is 7.94. The summed E-state index contributed by atoms with van der Waals surface area (Å²) in [7, 11) is 0. The average molecular weight is 449 g/mol. The van der Waals surface area contributed by atoms with Crippen LogP contribution in [0.4, 0.5) is 10.1 Å². The zero-order chi connectivity index (χ0) is 21.1. The molecule has 1 aliphatic heterocycles. The summed E-state index contributed by atoms with van der Waals surface area (Å²) in [5, 5.41) is 11.8. The number of piperidine rings is 1. The summed E-state index contributed by atoms with van der Waals surface area (Å²) in [5.74, 6) is 0.629. The van der Waals surface area contributed by atoms with Crippen LogP contribution in [0.5, 0.6) is 0 Å². The van der Waals surface area contributed by atoms with Crippen LogP contribution in [0.3, 0.4) is 0 Å². The van der Waals surface area contributed by atoms with Crippen molar-refractivity contribution in [3.05, 3.63) is 64.2 Å². The number of rotatable bonds is 5. The lowest BCUT2D eigenvalue weighted by atomic mass is 9.97. The third-order valence-corrected chi connectivity index (χ3v) is 5.88. The van der Waals surface area contributed by atoms with Crippen molar-refractivity contribution in [3.63, 3.8) is 0 Å². The number of amides is 1. The fourth-order valence-electron chi connectivity index (χ4n) is 3.44. The van der Waals surface area contributed by atoms with Gasteiger partial charge in [0.2, 0.25) is 17.7 Å². The molecule has 1 saturated heterocycles. The number of carbonyl (C=O) groups excluding carboxylic acids is 1. The van der Waals surface area contributed by atoms with E-state index in [1.165, 1.54) is 12.1 Å². The first kappa shape index (κ1) is 20.8.